The zero-order chi connectivity index (χ0) is 28.8. The molecule has 0 unspecified atom stereocenters. The maximum atomic E-state index is 13.9. The molecule has 0 saturated carbocycles. The predicted molar refractivity (Wildman–Crippen MR) is 161 cm³/mol. The third-order valence-electron chi connectivity index (χ3n) is 5.88. The molecule has 0 spiro atoms. The fourth-order valence-electron chi connectivity index (χ4n) is 3.88. The molecule has 0 aromatic heterocycles. The zero-order valence-electron chi connectivity index (χ0n) is 22.7. The molecule has 3 aromatic carbocycles. The van der Waals surface area contributed by atoms with Gasteiger partial charge in [0.25, 0.3) is 10.0 Å². The lowest BCUT2D eigenvalue weighted by molar-refractivity contribution is -0.140. The number of rotatable bonds is 10. The number of hydrogen-bond acceptors (Lipinski definition) is 5. The number of anilines is 1. The van der Waals surface area contributed by atoms with E-state index < -0.39 is 34.1 Å². The summed E-state index contributed by atoms with van der Waals surface area (Å²) in [7, 11) is -2.54. The summed E-state index contributed by atoms with van der Waals surface area (Å²) < 4.78 is 34.9. The van der Waals surface area contributed by atoms with E-state index in [-0.39, 0.29) is 17.3 Å². The van der Waals surface area contributed by atoms with Gasteiger partial charge in [-0.15, -0.1) is 0 Å². The highest BCUT2D eigenvalue weighted by Gasteiger charge is 2.33. The van der Waals surface area contributed by atoms with Crippen molar-refractivity contribution in [3.05, 3.63) is 88.0 Å². The van der Waals surface area contributed by atoms with Crippen LogP contribution in [0.3, 0.4) is 0 Å². The molecule has 1 N–H and O–H groups in total. The Kier molecular flexibility index (Phi) is 10.0. The van der Waals surface area contributed by atoms with E-state index in [2.05, 4.69) is 27.9 Å². The molecule has 208 valence electrons. The maximum Gasteiger partial charge on any atom is 0.264 e. The van der Waals surface area contributed by atoms with Crippen LogP contribution in [0.1, 0.15) is 33.3 Å². The Labute approximate surface area is 244 Å². The van der Waals surface area contributed by atoms with Crippen molar-refractivity contribution < 1.29 is 22.7 Å². The molecule has 39 heavy (non-hydrogen) atoms. The molecule has 0 aliphatic carbocycles. The van der Waals surface area contributed by atoms with Crippen LogP contribution in [0.5, 0.6) is 5.75 Å². The smallest absolute Gasteiger partial charge is 0.264 e. The third kappa shape index (κ3) is 8.18. The van der Waals surface area contributed by atoms with Crippen LogP contribution in [0, 0.1) is 3.57 Å². The number of nitrogens with one attached hydrogen (secondary N) is 1. The zero-order valence-corrected chi connectivity index (χ0v) is 25.7. The van der Waals surface area contributed by atoms with Crippen molar-refractivity contribution in [2.45, 2.75) is 50.7 Å². The summed E-state index contributed by atoms with van der Waals surface area (Å²) in [5.41, 5.74) is 0.575. The minimum absolute atomic E-state index is 0.0641. The highest BCUT2D eigenvalue weighted by molar-refractivity contribution is 14.1. The van der Waals surface area contributed by atoms with E-state index in [9.17, 15) is 18.0 Å². The topological polar surface area (TPSA) is 96.0 Å². The van der Waals surface area contributed by atoms with Crippen LogP contribution in [0.4, 0.5) is 5.69 Å². The lowest BCUT2D eigenvalue weighted by Crippen LogP contribution is -2.54. The minimum atomic E-state index is -4.09. The van der Waals surface area contributed by atoms with Gasteiger partial charge in [-0.25, -0.2) is 8.42 Å². The number of amides is 2. The van der Waals surface area contributed by atoms with Crippen LogP contribution < -0.4 is 14.4 Å². The fraction of sp³-hybridized carbons (Fsp3) is 0.310. The summed E-state index contributed by atoms with van der Waals surface area (Å²) in [6.45, 7) is 6.81. The van der Waals surface area contributed by atoms with Crippen molar-refractivity contribution in [3.8, 4) is 5.75 Å². The molecule has 1 atom stereocenters. The van der Waals surface area contributed by atoms with Crippen LogP contribution in [0.2, 0.25) is 0 Å². The van der Waals surface area contributed by atoms with Crippen LogP contribution >= 0.6 is 22.6 Å². The summed E-state index contributed by atoms with van der Waals surface area (Å²) in [5.74, 6) is -0.253. The summed E-state index contributed by atoms with van der Waals surface area (Å²) in [5, 5.41) is 2.92. The average molecular weight is 664 g/mol. The highest BCUT2D eigenvalue weighted by atomic mass is 127. The fourth-order valence-corrected chi connectivity index (χ4v) is 5.67. The van der Waals surface area contributed by atoms with E-state index in [0.717, 1.165) is 13.4 Å². The standard InChI is InChI=1S/C29H34IN3O5S/c1-21(28(35)31-29(2,3)4)32(19-22-10-9-11-25(18-22)38-5)27(34)20-33(24-16-14-23(30)15-17-24)39(36,37)26-12-7-6-8-13-26/h6-18,21H,19-20H2,1-5H3,(H,31,35)/t21-/m1/s1. The molecule has 3 aromatic rings. The minimum Gasteiger partial charge on any atom is -0.497 e. The Hall–Kier alpha value is -3.12. The molecule has 0 saturated heterocycles. The largest absolute Gasteiger partial charge is 0.497 e. The van der Waals surface area contributed by atoms with Gasteiger partial charge in [0.05, 0.1) is 17.7 Å². The number of carbonyl (C=O) groups excluding carboxylic acids is 2. The van der Waals surface area contributed by atoms with Crippen molar-refractivity contribution in [1.82, 2.24) is 10.2 Å². The molecule has 0 aliphatic rings. The summed E-state index contributed by atoms with van der Waals surface area (Å²) in [6.07, 6.45) is 0. The summed E-state index contributed by atoms with van der Waals surface area (Å²) >= 11 is 2.14. The lowest BCUT2D eigenvalue weighted by atomic mass is 10.1. The Balaban J connectivity index is 2.03. The van der Waals surface area contributed by atoms with E-state index >= 15 is 0 Å². The molecule has 0 aliphatic heterocycles. The first-order valence-corrected chi connectivity index (χ1v) is 14.9. The van der Waals surface area contributed by atoms with Crippen LogP contribution in [0.15, 0.2) is 83.8 Å². The van der Waals surface area contributed by atoms with Crippen molar-refractivity contribution in [2.24, 2.45) is 0 Å². The van der Waals surface area contributed by atoms with Crippen LogP contribution in [-0.4, -0.2) is 50.4 Å². The van der Waals surface area contributed by atoms with Gasteiger partial charge in [-0.1, -0.05) is 30.3 Å². The molecule has 0 heterocycles. The monoisotopic (exact) mass is 663 g/mol. The number of sulfonamides is 1. The van der Waals surface area contributed by atoms with Gasteiger partial charge in [-0.05, 0) is 104 Å². The number of methoxy groups -OCH3 is 1. The van der Waals surface area contributed by atoms with Gasteiger partial charge in [-0.2, -0.15) is 0 Å². The van der Waals surface area contributed by atoms with E-state index in [1.165, 1.54) is 17.0 Å². The third-order valence-corrected chi connectivity index (χ3v) is 8.38. The van der Waals surface area contributed by atoms with Crippen molar-refractivity contribution in [3.63, 3.8) is 0 Å². The van der Waals surface area contributed by atoms with Crippen molar-refractivity contribution in [1.29, 1.82) is 0 Å². The Morgan fingerprint density at radius 1 is 0.974 bits per heavy atom. The van der Waals surface area contributed by atoms with Gasteiger partial charge < -0.3 is 15.0 Å². The Morgan fingerprint density at radius 2 is 1.62 bits per heavy atom. The highest BCUT2D eigenvalue weighted by Crippen LogP contribution is 2.25. The molecular formula is C29H34IN3O5S. The molecule has 0 bridgehead atoms. The first kappa shape index (κ1) is 30.4. The van der Waals surface area contributed by atoms with Crippen LogP contribution in [-0.2, 0) is 26.2 Å². The number of benzene rings is 3. The lowest BCUT2D eigenvalue weighted by Gasteiger charge is -2.33. The molecule has 10 heteroatoms. The molecule has 3 rings (SSSR count). The SMILES string of the molecule is COc1cccc(CN(C(=O)CN(c2ccc(I)cc2)S(=O)(=O)c2ccccc2)[C@H](C)C(=O)NC(C)(C)C)c1. The second-order valence-electron chi connectivity index (χ2n) is 10.1. The van der Waals surface area contributed by atoms with Crippen LogP contribution in [0.25, 0.3) is 0 Å². The Morgan fingerprint density at radius 3 is 2.21 bits per heavy atom. The number of ether oxygens (including phenoxy) is 1. The van der Waals surface area contributed by atoms with Gasteiger partial charge in [-0.3, -0.25) is 13.9 Å². The summed E-state index contributed by atoms with van der Waals surface area (Å²) in [6, 6.07) is 21.2. The second-order valence-corrected chi connectivity index (χ2v) is 13.2. The van der Waals surface area contributed by atoms with Gasteiger partial charge in [0.1, 0.15) is 18.3 Å². The van der Waals surface area contributed by atoms with E-state index in [1.807, 2.05) is 26.8 Å². The van der Waals surface area contributed by atoms with Gasteiger partial charge in [0.15, 0.2) is 0 Å². The molecule has 0 fully saturated rings. The van der Waals surface area contributed by atoms with Crippen molar-refractivity contribution in [2.75, 3.05) is 18.0 Å². The number of carbonyl (C=O) groups is 2. The van der Waals surface area contributed by atoms with Gasteiger partial charge in [0, 0.05) is 15.7 Å². The number of halogens is 1. The molecule has 8 nitrogen and oxygen atoms in total. The number of nitrogens with zero attached hydrogens (tertiary/aromatic N) is 2. The first-order valence-electron chi connectivity index (χ1n) is 12.4. The van der Waals surface area contributed by atoms with Gasteiger partial charge in [0.2, 0.25) is 11.8 Å². The van der Waals surface area contributed by atoms with E-state index in [4.69, 9.17) is 4.74 Å². The quantitative estimate of drug-likeness (QED) is 0.314. The average Bonchev–Trinajstić information content (AvgIpc) is 2.90. The van der Waals surface area contributed by atoms with Crippen molar-refractivity contribution >= 4 is 50.1 Å². The first-order chi connectivity index (χ1) is 18.3. The molecule has 2 amide bonds. The molecule has 0 radical (unpaired) electrons. The normalized spacial score (nSPS) is 12.4. The summed E-state index contributed by atoms with van der Waals surface area (Å²) in [4.78, 5) is 28.6. The van der Waals surface area contributed by atoms with E-state index in [0.29, 0.717) is 11.4 Å². The van der Waals surface area contributed by atoms with E-state index in [1.54, 1.807) is 74.7 Å². The Bertz CT molecular complexity index is 1390. The molecular weight excluding hydrogens is 629 g/mol. The number of hydrogen-bond donors (Lipinski definition) is 1. The maximum absolute atomic E-state index is 13.9. The second kappa shape index (κ2) is 12.8. The predicted octanol–water partition coefficient (Wildman–Crippen LogP) is 4.83. The van der Waals surface area contributed by atoms with Gasteiger partial charge >= 0.3 is 0 Å².